The van der Waals surface area contributed by atoms with Crippen LogP contribution in [0.5, 0.6) is 0 Å². The Morgan fingerprint density at radius 2 is 0.639 bits per heavy atom. The van der Waals surface area contributed by atoms with Crippen LogP contribution >= 0.6 is 0 Å². The van der Waals surface area contributed by atoms with Crippen molar-refractivity contribution in [2.24, 2.45) is 0 Å². The lowest BCUT2D eigenvalue weighted by molar-refractivity contribution is 0.590. The Morgan fingerprint density at radius 3 is 1.01 bits per heavy atom. The third-order valence-corrected chi connectivity index (χ3v) is 14.7. The summed E-state index contributed by atoms with van der Waals surface area (Å²) in [6.45, 7) is 13.6. The maximum Gasteiger partial charge on any atom is 0.145 e. The van der Waals surface area contributed by atoms with Gasteiger partial charge in [-0.15, -0.1) is 0 Å². The minimum absolute atomic E-state index is 0.0436. The van der Waals surface area contributed by atoms with Crippen LogP contribution in [0.1, 0.15) is 52.7 Å². The first kappa shape index (κ1) is 43.4. The van der Waals surface area contributed by atoms with Gasteiger partial charge < -0.3 is 0 Å². The van der Waals surface area contributed by atoms with Gasteiger partial charge in [-0.05, 0) is 79.4 Å². The molecule has 0 bridgehead atoms. The predicted octanol–water partition coefficient (Wildman–Crippen LogP) is 17.6. The topological polar surface area (TPSA) is 48.5 Å². The number of aromatic nitrogens is 5. The molecule has 72 heavy (non-hydrogen) atoms. The summed E-state index contributed by atoms with van der Waals surface area (Å²) in [5, 5.41) is 9.54. The second-order valence-electron chi connectivity index (χ2n) is 21.3. The number of hydrogen-bond donors (Lipinski definition) is 0. The van der Waals surface area contributed by atoms with E-state index in [1.54, 1.807) is 0 Å². The van der Waals surface area contributed by atoms with Crippen molar-refractivity contribution in [3.63, 3.8) is 0 Å². The average molecular weight is 928 g/mol. The van der Waals surface area contributed by atoms with E-state index in [0.29, 0.717) is 0 Å². The maximum absolute atomic E-state index is 5.49. The fourth-order valence-corrected chi connectivity index (χ4v) is 10.9. The molecule has 13 aromatic rings. The fourth-order valence-electron chi connectivity index (χ4n) is 10.9. The molecule has 5 heteroatoms. The number of nitrogens with zero attached hydrogens (tertiary/aromatic N) is 5. The number of benzene rings is 10. The standard InChI is InChI=1S/C67H53N5/c1-66(2,3)47-32-36-49(37-33-47)71-62-57-21-13-9-17-53(57)51-15-7-11-19-55(51)60(62)69-64(71)44-27-23-42(24-28-44)46-31-40-59(68-41-46)43-25-29-45(30-26-43)65-70-61-56-20-12-8-16-52(56)54-18-10-14-22-58(54)63(61)72(65)50-38-34-48(35-39-50)67(4,5)6/h7-41H,1-6H3. The molecule has 10 aromatic carbocycles. The molecular formula is C67H53N5. The molecule has 0 atom stereocenters. The Balaban J connectivity index is 0.857. The summed E-state index contributed by atoms with van der Waals surface area (Å²) in [5.41, 5.74) is 15.3. The third-order valence-electron chi connectivity index (χ3n) is 14.7. The number of imidazole rings is 2. The molecule has 0 spiro atoms. The zero-order valence-corrected chi connectivity index (χ0v) is 41.4. The van der Waals surface area contributed by atoms with Gasteiger partial charge in [0.05, 0.1) is 27.8 Å². The molecular weight excluding hydrogens is 875 g/mol. The van der Waals surface area contributed by atoms with Crippen molar-refractivity contribution in [2.45, 2.75) is 52.4 Å². The van der Waals surface area contributed by atoms with Gasteiger partial charge >= 0.3 is 0 Å². The van der Waals surface area contributed by atoms with Crippen LogP contribution in [-0.2, 0) is 10.8 Å². The van der Waals surface area contributed by atoms with Gasteiger partial charge in [0, 0.05) is 61.4 Å². The van der Waals surface area contributed by atoms with Crippen LogP contribution in [0.15, 0.2) is 212 Å². The van der Waals surface area contributed by atoms with Crippen molar-refractivity contribution in [1.82, 2.24) is 24.1 Å². The molecule has 3 aromatic heterocycles. The molecule has 0 saturated carbocycles. The quantitative estimate of drug-likeness (QED) is 0.156. The first-order chi connectivity index (χ1) is 35.0. The third kappa shape index (κ3) is 7.10. The summed E-state index contributed by atoms with van der Waals surface area (Å²) >= 11 is 0. The average Bonchev–Trinajstić information content (AvgIpc) is 4.02. The summed E-state index contributed by atoms with van der Waals surface area (Å²) in [4.78, 5) is 16.0. The number of pyridine rings is 1. The van der Waals surface area contributed by atoms with Crippen molar-refractivity contribution in [2.75, 3.05) is 0 Å². The highest BCUT2D eigenvalue weighted by Gasteiger charge is 2.24. The Labute approximate surface area is 419 Å². The van der Waals surface area contributed by atoms with Crippen LogP contribution in [0.3, 0.4) is 0 Å². The fraction of sp³-hybridized carbons (Fsp3) is 0.119. The maximum atomic E-state index is 5.49. The second-order valence-corrected chi connectivity index (χ2v) is 21.3. The van der Waals surface area contributed by atoms with Gasteiger partial charge in [-0.2, -0.15) is 0 Å². The summed E-state index contributed by atoms with van der Waals surface area (Å²) in [6, 6.07) is 74.6. The van der Waals surface area contributed by atoms with Gasteiger partial charge in [-0.25, -0.2) is 9.97 Å². The van der Waals surface area contributed by atoms with Crippen LogP contribution in [0.4, 0.5) is 0 Å². The molecule has 0 radical (unpaired) electrons. The lowest BCUT2D eigenvalue weighted by atomic mass is 9.87. The Bertz CT molecular complexity index is 3940. The number of rotatable bonds is 6. The second kappa shape index (κ2) is 16.5. The summed E-state index contributed by atoms with van der Waals surface area (Å²) < 4.78 is 4.71. The van der Waals surface area contributed by atoms with Gasteiger partial charge in [0.25, 0.3) is 0 Å². The van der Waals surface area contributed by atoms with E-state index in [2.05, 4.69) is 257 Å². The first-order valence-corrected chi connectivity index (χ1v) is 25.0. The van der Waals surface area contributed by atoms with Crippen molar-refractivity contribution in [3.8, 4) is 56.5 Å². The van der Waals surface area contributed by atoms with Crippen LogP contribution in [0.2, 0.25) is 0 Å². The summed E-state index contributed by atoms with van der Waals surface area (Å²) in [7, 11) is 0. The van der Waals surface area contributed by atoms with Crippen molar-refractivity contribution in [1.29, 1.82) is 0 Å². The molecule has 0 fully saturated rings. The molecule has 0 aliphatic heterocycles. The van der Waals surface area contributed by atoms with E-state index >= 15 is 0 Å². The largest absolute Gasteiger partial charge is 0.292 e. The molecule has 0 unspecified atom stereocenters. The zero-order chi connectivity index (χ0) is 48.9. The zero-order valence-electron chi connectivity index (χ0n) is 41.4. The highest BCUT2D eigenvalue weighted by molar-refractivity contribution is 6.25. The molecule has 13 rings (SSSR count). The molecule has 0 amide bonds. The molecule has 3 heterocycles. The molecule has 5 nitrogen and oxygen atoms in total. The Hall–Kier alpha value is -8.67. The van der Waals surface area contributed by atoms with Crippen molar-refractivity contribution >= 4 is 65.2 Å². The van der Waals surface area contributed by atoms with Crippen molar-refractivity contribution in [3.05, 3.63) is 224 Å². The lowest BCUT2D eigenvalue weighted by Crippen LogP contribution is -2.11. The number of fused-ring (bicyclic) bond motifs is 12. The highest BCUT2D eigenvalue weighted by Crippen LogP contribution is 2.42. The molecule has 0 saturated heterocycles. The van der Waals surface area contributed by atoms with E-state index in [9.17, 15) is 0 Å². The van der Waals surface area contributed by atoms with E-state index in [1.165, 1.54) is 43.4 Å². The van der Waals surface area contributed by atoms with E-state index in [-0.39, 0.29) is 10.8 Å². The van der Waals surface area contributed by atoms with Gasteiger partial charge in [-0.1, -0.05) is 217 Å². The minimum Gasteiger partial charge on any atom is -0.292 e. The molecule has 346 valence electrons. The SMILES string of the molecule is CC(C)(C)c1ccc(-n2c(-c3ccc(-c4ccc(-c5ccc(-c6nc7c8ccccc8c8ccccc8c7n6-c6ccc(C(C)(C)C)cc6)cc5)nc4)cc3)nc3c4ccccc4c4ccccc4c32)cc1. The first-order valence-electron chi connectivity index (χ1n) is 25.0. The van der Waals surface area contributed by atoms with Crippen LogP contribution in [-0.4, -0.2) is 24.1 Å². The van der Waals surface area contributed by atoms with Crippen LogP contribution < -0.4 is 0 Å². The van der Waals surface area contributed by atoms with Crippen molar-refractivity contribution < 1.29 is 0 Å². The van der Waals surface area contributed by atoms with Crippen LogP contribution in [0, 0.1) is 0 Å². The smallest absolute Gasteiger partial charge is 0.145 e. The van der Waals surface area contributed by atoms with E-state index in [1.807, 2.05) is 6.20 Å². The highest BCUT2D eigenvalue weighted by atomic mass is 15.1. The van der Waals surface area contributed by atoms with E-state index in [0.717, 1.165) is 89.4 Å². The molecule has 0 N–H and O–H groups in total. The molecule has 0 aliphatic rings. The molecule has 0 aliphatic carbocycles. The summed E-state index contributed by atoms with van der Waals surface area (Å²) in [6.07, 6.45) is 1.99. The Morgan fingerprint density at radius 1 is 0.306 bits per heavy atom. The van der Waals surface area contributed by atoms with E-state index in [4.69, 9.17) is 15.0 Å². The van der Waals surface area contributed by atoms with Gasteiger partial charge in [0.1, 0.15) is 11.6 Å². The summed E-state index contributed by atoms with van der Waals surface area (Å²) in [5.74, 6) is 1.82. The van der Waals surface area contributed by atoms with Gasteiger partial charge in [0.15, 0.2) is 0 Å². The monoisotopic (exact) mass is 927 g/mol. The van der Waals surface area contributed by atoms with Gasteiger partial charge in [-0.3, -0.25) is 14.1 Å². The normalized spacial score (nSPS) is 12.3. The van der Waals surface area contributed by atoms with E-state index < -0.39 is 0 Å². The predicted molar refractivity (Wildman–Crippen MR) is 303 cm³/mol. The minimum atomic E-state index is 0.0436. The van der Waals surface area contributed by atoms with Gasteiger partial charge in [0.2, 0.25) is 0 Å². The van der Waals surface area contributed by atoms with Crippen LogP contribution in [0.25, 0.3) is 122 Å². The Kier molecular flexibility index (Phi) is 9.91. The number of hydrogen-bond acceptors (Lipinski definition) is 3. The lowest BCUT2D eigenvalue weighted by Gasteiger charge is -2.20.